The van der Waals surface area contributed by atoms with Crippen LogP contribution in [-0.4, -0.2) is 40.9 Å². The zero-order chi connectivity index (χ0) is 16.5. The van der Waals surface area contributed by atoms with Gasteiger partial charge in [-0.2, -0.15) is 0 Å². The molecule has 0 aliphatic carbocycles. The van der Waals surface area contributed by atoms with Gasteiger partial charge in [-0.3, -0.25) is 4.99 Å². The Bertz CT molecular complexity index is 623. The Morgan fingerprint density at radius 1 is 1.22 bits per heavy atom. The summed E-state index contributed by atoms with van der Waals surface area (Å²) in [6.07, 6.45) is 0. The molecule has 0 aliphatic heterocycles. The van der Waals surface area contributed by atoms with E-state index in [-0.39, 0.29) is 0 Å². The van der Waals surface area contributed by atoms with Crippen molar-refractivity contribution < 1.29 is 4.74 Å². The summed E-state index contributed by atoms with van der Waals surface area (Å²) in [5.41, 5.74) is 1.17. The zero-order valence-corrected chi connectivity index (χ0v) is 13.9. The molecule has 0 unspecified atom stereocenters. The third-order valence-electron chi connectivity index (χ3n) is 3.47. The summed E-state index contributed by atoms with van der Waals surface area (Å²) < 4.78 is 7.58. The molecule has 2 aromatic rings. The van der Waals surface area contributed by atoms with Crippen molar-refractivity contribution in [2.24, 2.45) is 12.0 Å². The summed E-state index contributed by atoms with van der Waals surface area (Å²) in [5, 5.41) is 14.6. The summed E-state index contributed by atoms with van der Waals surface area (Å²) in [6.45, 7) is 4.41. The van der Waals surface area contributed by atoms with Crippen LogP contribution in [0.5, 0.6) is 0 Å². The van der Waals surface area contributed by atoms with Crippen LogP contribution in [-0.2, 0) is 24.9 Å². The van der Waals surface area contributed by atoms with Crippen molar-refractivity contribution in [1.29, 1.82) is 0 Å². The predicted octanol–water partition coefficient (Wildman–Crippen LogP) is 1.01. The first-order valence-electron chi connectivity index (χ1n) is 7.61. The summed E-state index contributed by atoms with van der Waals surface area (Å²) >= 11 is 0. The minimum atomic E-state index is 0.571. The number of ether oxygens (including phenoxy) is 1. The summed E-state index contributed by atoms with van der Waals surface area (Å²) in [6, 6.07) is 10.1. The van der Waals surface area contributed by atoms with Gasteiger partial charge in [0.25, 0.3) is 0 Å². The lowest BCUT2D eigenvalue weighted by atomic mass is 10.2. The third-order valence-corrected chi connectivity index (χ3v) is 3.47. The van der Waals surface area contributed by atoms with Crippen molar-refractivity contribution in [2.75, 3.05) is 20.2 Å². The maximum Gasteiger partial charge on any atom is 0.191 e. The number of aliphatic imine (C=N–C) groups is 1. The second kappa shape index (κ2) is 8.89. The van der Waals surface area contributed by atoms with Crippen molar-refractivity contribution >= 4 is 5.96 Å². The van der Waals surface area contributed by atoms with E-state index in [1.54, 1.807) is 7.05 Å². The number of rotatable bonds is 7. The number of aryl methyl sites for hydroxylation is 1. The Morgan fingerprint density at radius 2 is 2.00 bits per heavy atom. The smallest absolute Gasteiger partial charge is 0.191 e. The number of nitrogens with zero attached hydrogens (tertiary/aromatic N) is 4. The van der Waals surface area contributed by atoms with Crippen molar-refractivity contribution in [3.05, 3.63) is 47.5 Å². The Labute approximate surface area is 136 Å². The molecule has 7 heteroatoms. The van der Waals surface area contributed by atoms with Crippen LogP contribution in [0.1, 0.15) is 17.2 Å². The molecule has 0 fully saturated rings. The summed E-state index contributed by atoms with van der Waals surface area (Å²) in [4.78, 5) is 4.18. The van der Waals surface area contributed by atoms with E-state index in [0.717, 1.165) is 11.6 Å². The van der Waals surface area contributed by atoms with Crippen LogP contribution in [0.15, 0.2) is 35.3 Å². The number of hydrogen-bond acceptors (Lipinski definition) is 4. The molecular formula is C16H24N6O. The van der Waals surface area contributed by atoms with Crippen molar-refractivity contribution in [3.63, 3.8) is 0 Å². The molecule has 2 N–H and O–H groups in total. The van der Waals surface area contributed by atoms with E-state index in [1.807, 2.05) is 36.7 Å². The van der Waals surface area contributed by atoms with E-state index < -0.39 is 0 Å². The molecule has 0 spiro atoms. The molecule has 0 radical (unpaired) electrons. The second-order valence-electron chi connectivity index (χ2n) is 5.11. The molecule has 1 heterocycles. The number of benzene rings is 1. The highest BCUT2D eigenvalue weighted by Crippen LogP contribution is 1.99. The van der Waals surface area contributed by atoms with Crippen LogP contribution in [0.25, 0.3) is 0 Å². The average molecular weight is 316 g/mol. The first-order valence-corrected chi connectivity index (χ1v) is 7.61. The molecular weight excluding hydrogens is 292 g/mol. The van der Waals surface area contributed by atoms with Gasteiger partial charge in [-0.15, -0.1) is 10.2 Å². The molecule has 0 saturated carbocycles. The molecule has 23 heavy (non-hydrogen) atoms. The lowest BCUT2D eigenvalue weighted by Crippen LogP contribution is -2.39. The van der Waals surface area contributed by atoms with Crippen molar-refractivity contribution in [2.45, 2.75) is 20.1 Å². The number of aromatic nitrogens is 3. The van der Waals surface area contributed by atoms with Gasteiger partial charge in [-0.1, -0.05) is 30.3 Å². The largest absolute Gasteiger partial charge is 0.375 e. The SMILES string of the molecule is CN=C(NCCOCc1ccccc1)NCc1nnc(C)n1C. The van der Waals surface area contributed by atoms with Crippen LogP contribution < -0.4 is 10.6 Å². The van der Waals surface area contributed by atoms with Crippen LogP contribution in [0.3, 0.4) is 0 Å². The Balaban J connectivity index is 1.64. The quantitative estimate of drug-likeness (QED) is 0.453. The summed E-state index contributed by atoms with van der Waals surface area (Å²) in [7, 11) is 3.68. The predicted molar refractivity (Wildman–Crippen MR) is 90.0 cm³/mol. The summed E-state index contributed by atoms with van der Waals surface area (Å²) in [5.74, 6) is 2.47. The van der Waals surface area contributed by atoms with Gasteiger partial charge in [-0.05, 0) is 12.5 Å². The molecule has 1 aromatic heterocycles. The van der Waals surface area contributed by atoms with Gasteiger partial charge in [-0.25, -0.2) is 0 Å². The van der Waals surface area contributed by atoms with Crippen molar-refractivity contribution in [1.82, 2.24) is 25.4 Å². The molecule has 7 nitrogen and oxygen atoms in total. The van der Waals surface area contributed by atoms with Gasteiger partial charge < -0.3 is 19.9 Å². The first-order chi connectivity index (χ1) is 11.2. The van der Waals surface area contributed by atoms with E-state index in [2.05, 4.69) is 38.0 Å². The highest BCUT2D eigenvalue weighted by Gasteiger charge is 2.05. The Hall–Kier alpha value is -2.41. The molecule has 2 rings (SSSR count). The maximum atomic E-state index is 5.63. The fraction of sp³-hybridized carbons (Fsp3) is 0.438. The number of nitrogens with one attached hydrogen (secondary N) is 2. The molecule has 0 bridgehead atoms. The molecule has 0 atom stereocenters. The van der Waals surface area contributed by atoms with Gasteiger partial charge in [0, 0.05) is 20.6 Å². The average Bonchev–Trinajstić information content (AvgIpc) is 2.90. The fourth-order valence-electron chi connectivity index (χ4n) is 1.99. The van der Waals surface area contributed by atoms with Gasteiger partial charge in [0.2, 0.25) is 0 Å². The van der Waals surface area contributed by atoms with Gasteiger partial charge in [0.1, 0.15) is 5.82 Å². The van der Waals surface area contributed by atoms with Crippen LogP contribution in [0.2, 0.25) is 0 Å². The molecule has 1 aromatic carbocycles. The standard InChI is InChI=1S/C16H24N6O/c1-13-20-21-15(22(13)3)11-19-16(17-2)18-9-10-23-12-14-7-5-4-6-8-14/h4-8H,9-12H2,1-3H3,(H2,17,18,19). The molecule has 124 valence electrons. The normalized spacial score (nSPS) is 11.5. The van der Waals surface area contributed by atoms with E-state index in [4.69, 9.17) is 4.74 Å². The highest BCUT2D eigenvalue weighted by molar-refractivity contribution is 5.79. The van der Waals surface area contributed by atoms with Gasteiger partial charge in [0.05, 0.1) is 19.8 Å². The van der Waals surface area contributed by atoms with Gasteiger partial charge in [0.15, 0.2) is 11.8 Å². The molecule has 0 amide bonds. The van der Waals surface area contributed by atoms with E-state index in [1.165, 1.54) is 5.56 Å². The minimum Gasteiger partial charge on any atom is -0.375 e. The highest BCUT2D eigenvalue weighted by atomic mass is 16.5. The fourth-order valence-corrected chi connectivity index (χ4v) is 1.99. The lowest BCUT2D eigenvalue weighted by Gasteiger charge is -2.12. The van der Waals surface area contributed by atoms with E-state index in [9.17, 15) is 0 Å². The molecule has 0 saturated heterocycles. The number of hydrogen-bond donors (Lipinski definition) is 2. The Morgan fingerprint density at radius 3 is 2.65 bits per heavy atom. The first kappa shape index (κ1) is 17.0. The second-order valence-corrected chi connectivity index (χ2v) is 5.11. The van der Waals surface area contributed by atoms with Crippen LogP contribution in [0, 0.1) is 6.92 Å². The lowest BCUT2D eigenvalue weighted by molar-refractivity contribution is 0.125. The monoisotopic (exact) mass is 316 g/mol. The number of guanidine groups is 1. The van der Waals surface area contributed by atoms with E-state index in [0.29, 0.717) is 32.3 Å². The van der Waals surface area contributed by atoms with Gasteiger partial charge >= 0.3 is 0 Å². The third kappa shape index (κ3) is 5.37. The minimum absolute atomic E-state index is 0.571. The van der Waals surface area contributed by atoms with Crippen molar-refractivity contribution in [3.8, 4) is 0 Å². The maximum absolute atomic E-state index is 5.63. The van der Waals surface area contributed by atoms with E-state index >= 15 is 0 Å². The topological polar surface area (TPSA) is 76.4 Å². The van der Waals surface area contributed by atoms with Crippen LogP contribution >= 0.6 is 0 Å². The zero-order valence-electron chi connectivity index (χ0n) is 13.9. The molecule has 0 aliphatic rings. The Kier molecular flexibility index (Phi) is 6.56. The van der Waals surface area contributed by atoms with Crippen LogP contribution in [0.4, 0.5) is 0 Å².